The molecule has 1 fully saturated rings. The summed E-state index contributed by atoms with van der Waals surface area (Å²) in [4.78, 5) is 36.5. The van der Waals surface area contributed by atoms with Crippen LogP contribution < -0.4 is 5.73 Å². The molecule has 0 aliphatic carbocycles. The number of hydrogen-bond acceptors (Lipinski definition) is 10. The molecule has 0 bridgehead atoms. The van der Waals surface area contributed by atoms with Gasteiger partial charge in [-0.25, -0.2) is 15.0 Å². The summed E-state index contributed by atoms with van der Waals surface area (Å²) in [6, 6.07) is 0. The normalized spacial score (nSPS) is 24.4. The van der Waals surface area contributed by atoms with Crippen LogP contribution in [-0.2, 0) is 23.8 Å². The lowest BCUT2D eigenvalue weighted by Gasteiger charge is -2.24. The van der Waals surface area contributed by atoms with Gasteiger partial charge in [-0.3, -0.25) is 14.2 Å². The van der Waals surface area contributed by atoms with Gasteiger partial charge in [-0.05, 0) is 6.26 Å². The Bertz CT molecular complexity index is 860. The average Bonchev–Trinajstić information content (AvgIpc) is 3.25. The Morgan fingerprint density at radius 2 is 1.86 bits per heavy atom. The van der Waals surface area contributed by atoms with Gasteiger partial charge in [0.15, 0.2) is 29.9 Å². The minimum absolute atomic E-state index is 0.185. The molecule has 0 spiro atoms. The molecule has 2 N–H and O–H groups in total. The average molecular weight is 409 g/mol. The Hall–Kier alpha value is -2.40. The molecule has 1 aliphatic heterocycles. The fourth-order valence-corrected chi connectivity index (χ4v) is 3.62. The van der Waals surface area contributed by atoms with E-state index >= 15 is 0 Å². The summed E-state index contributed by atoms with van der Waals surface area (Å²) in [5.41, 5.74) is 6.73. The number of nitrogen functional groups attached to an aromatic ring is 1. The van der Waals surface area contributed by atoms with Crippen LogP contribution in [0.4, 0.5) is 5.82 Å². The molecule has 11 heteroatoms. The fourth-order valence-electron chi connectivity index (χ4n) is 3.02. The zero-order valence-corrected chi connectivity index (χ0v) is 16.7. The summed E-state index contributed by atoms with van der Waals surface area (Å²) in [5.74, 6) is -0.0137. The molecule has 0 saturated carbocycles. The number of imidazole rings is 1. The lowest BCUT2D eigenvalue weighted by molar-refractivity contribution is -0.167. The van der Waals surface area contributed by atoms with E-state index in [0.29, 0.717) is 16.9 Å². The van der Waals surface area contributed by atoms with Crippen molar-refractivity contribution in [2.45, 2.75) is 51.2 Å². The molecule has 2 aromatic rings. The van der Waals surface area contributed by atoms with E-state index in [2.05, 4.69) is 15.0 Å². The minimum atomic E-state index is -0.839. The predicted octanol–water partition coefficient (Wildman–Crippen LogP) is 1.31. The second-order valence-corrected chi connectivity index (χ2v) is 7.13. The molecule has 0 radical (unpaired) electrons. The maximum absolute atomic E-state index is 12.1. The second kappa shape index (κ2) is 8.74. The topological polar surface area (TPSA) is 131 Å². The lowest BCUT2D eigenvalue weighted by Crippen LogP contribution is -2.40. The molecule has 2 aromatic heterocycles. The maximum atomic E-state index is 12.1. The Morgan fingerprint density at radius 3 is 2.50 bits per heavy atom. The number of anilines is 1. The van der Waals surface area contributed by atoms with Gasteiger partial charge in [0.25, 0.3) is 0 Å². The Morgan fingerprint density at radius 1 is 1.18 bits per heavy atom. The van der Waals surface area contributed by atoms with E-state index in [-0.39, 0.29) is 24.6 Å². The molecule has 3 heterocycles. The van der Waals surface area contributed by atoms with Crippen molar-refractivity contribution in [1.82, 2.24) is 19.5 Å². The van der Waals surface area contributed by atoms with Gasteiger partial charge in [0.2, 0.25) is 0 Å². The molecule has 152 valence electrons. The predicted molar refractivity (Wildman–Crippen MR) is 102 cm³/mol. The zero-order valence-electron chi connectivity index (χ0n) is 15.9. The standard InChI is InChI=1S/C17H23N5O5S/c1-4-10(23)26-13-9(6-28-3)25-17(14(13)27-11(24)5-2)22-8-21-12-15(18)19-7-20-16(12)22/h7-9,13-14,17H,4-6H2,1-3H3,(H2,18,19,20)/t9-,13?,14?,17-/m1/s1. The number of aromatic nitrogens is 4. The van der Waals surface area contributed by atoms with Crippen molar-refractivity contribution in [3.8, 4) is 0 Å². The number of fused-ring (bicyclic) bond motifs is 1. The van der Waals surface area contributed by atoms with E-state index in [1.807, 2.05) is 6.26 Å². The number of esters is 2. The Labute approximate surface area is 166 Å². The number of hydrogen-bond donors (Lipinski definition) is 1. The SMILES string of the molecule is CCC(=O)OC1C(OC(=O)CC)[C@@H](CSC)O[C@H]1n1cnc2c(N)ncnc21. The van der Waals surface area contributed by atoms with Crippen molar-refractivity contribution in [1.29, 1.82) is 0 Å². The van der Waals surface area contributed by atoms with E-state index < -0.39 is 30.5 Å². The van der Waals surface area contributed by atoms with Gasteiger partial charge in [-0.2, -0.15) is 11.8 Å². The highest BCUT2D eigenvalue weighted by Gasteiger charge is 2.50. The van der Waals surface area contributed by atoms with E-state index in [1.54, 1.807) is 30.2 Å². The largest absolute Gasteiger partial charge is 0.455 e. The molecule has 3 rings (SSSR count). The van der Waals surface area contributed by atoms with Crippen LogP contribution in [0.25, 0.3) is 11.2 Å². The van der Waals surface area contributed by atoms with Gasteiger partial charge < -0.3 is 19.9 Å². The first-order valence-corrected chi connectivity index (χ1v) is 10.4. The highest BCUT2D eigenvalue weighted by Crippen LogP contribution is 2.37. The molecular weight excluding hydrogens is 386 g/mol. The summed E-state index contributed by atoms with van der Waals surface area (Å²) in [6.45, 7) is 3.40. The summed E-state index contributed by atoms with van der Waals surface area (Å²) in [5, 5.41) is 0. The van der Waals surface area contributed by atoms with Crippen molar-refractivity contribution in [3.05, 3.63) is 12.7 Å². The molecule has 28 heavy (non-hydrogen) atoms. The number of carbonyl (C=O) groups is 2. The number of ether oxygens (including phenoxy) is 3. The van der Waals surface area contributed by atoms with Gasteiger partial charge in [0, 0.05) is 18.6 Å². The lowest BCUT2D eigenvalue weighted by atomic mass is 10.1. The van der Waals surface area contributed by atoms with E-state index in [4.69, 9.17) is 19.9 Å². The number of rotatable bonds is 7. The van der Waals surface area contributed by atoms with Crippen molar-refractivity contribution < 1.29 is 23.8 Å². The molecule has 0 aromatic carbocycles. The zero-order chi connectivity index (χ0) is 20.3. The fraction of sp³-hybridized carbons (Fsp3) is 0.588. The van der Waals surface area contributed by atoms with Crippen molar-refractivity contribution in [2.24, 2.45) is 0 Å². The van der Waals surface area contributed by atoms with E-state index in [9.17, 15) is 9.59 Å². The van der Waals surface area contributed by atoms with Gasteiger partial charge in [-0.15, -0.1) is 0 Å². The highest BCUT2D eigenvalue weighted by molar-refractivity contribution is 7.98. The van der Waals surface area contributed by atoms with E-state index in [1.165, 1.54) is 12.7 Å². The van der Waals surface area contributed by atoms with Crippen LogP contribution in [0.3, 0.4) is 0 Å². The van der Waals surface area contributed by atoms with Crippen LogP contribution in [0, 0.1) is 0 Å². The molecule has 2 unspecified atom stereocenters. The number of carbonyl (C=O) groups excluding carboxylic acids is 2. The molecule has 1 aliphatic rings. The highest BCUT2D eigenvalue weighted by atomic mass is 32.2. The van der Waals surface area contributed by atoms with Crippen molar-refractivity contribution >= 4 is 40.7 Å². The molecule has 1 saturated heterocycles. The first kappa shape index (κ1) is 20.3. The van der Waals surface area contributed by atoms with Crippen LogP contribution in [-0.4, -0.2) is 61.8 Å². The molecule has 4 atom stereocenters. The third kappa shape index (κ3) is 3.90. The quantitative estimate of drug-likeness (QED) is 0.668. The van der Waals surface area contributed by atoms with Crippen LogP contribution in [0.2, 0.25) is 0 Å². The van der Waals surface area contributed by atoms with Gasteiger partial charge in [-0.1, -0.05) is 13.8 Å². The van der Waals surface area contributed by atoms with Crippen LogP contribution in [0.5, 0.6) is 0 Å². The molecule has 10 nitrogen and oxygen atoms in total. The monoisotopic (exact) mass is 409 g/mol. The third-order valence-electron chi connectivity index (χ3n) is 4.39. The Balaban J connectivity index is 2.02. The van der Waals surface area contributed by atoms with Crippen molar-refractivity contribution in [3.63, 3.8) is 0 Å². The molecule has 0 amide bonds. The summed E-state index contributed by atoms with van der Waals surface area (Å²) >= 11 is 1.54. The first-order chi connectivity index (χ1) is 13.5. The number of nitrogens with two attached hydrogens (primary N) is 1. The maximum Gasteiger partial charge on any atom is 0.306 e. The van der Waals surface area contributed by atoms with Crippen molar-refractivity contribution in [2.75, 3.05) is 17.7 Å². The smallest absolute Gasteiger partial charge is 0.306 e. The summed E-state index contributed by atoms with van der Waals surface area (Å²) in [6.07, 6.45) is 2.35. The van der Waals surface area contributed by atoms with Crippen LogP contribution in [0.15, 0.2) is 12.7 Å². The second-order valence-electron chi connectivity index (χ2n) is 6.22. The van der Waals surface area contributed by atoms with Crippen LogP contribution in [0.1, 0.15) is 32.9 Å². The summed E-state index contributed by atoms with van der Waals surface area (Å²) < 4.78 is 19.0. The van der Waals surface area contributed by atoms with Gasteiger partial charge in [0.1, 0.15) is 17.9 Å². The van der Waals surface area contributed by atoms with Crippen LogP contribution >= 0.6 is 11.8 Å². The first-order valence-electron chi connectivity index (χ1n) is 8.96. The summed E-state index contributed by atoms with van der Waals surface area (Å²) in [7, 11) is 0. The Kier molecular flexibility index (Phi) is 6.35. The number of nitrogens with zero attached hydrogens (tertiary/aromatic N) is 4. The molecular formula is C17H23N5O5S. The number of thioether (sulfide) groups is 1. The van der Waals surface area contributed by atoms with Gasteiger partial charge >= 0.3 is 11.9 Å². The van der Waals surface area contributed by atoms with Gasteiger partial charge in [0.05, 0.1) is 6.33 Å². The van der Waals surface area contributed by atoms with E-state index in [0.717, 1.165) is 0 Å². The third-order valence-corrected chi connectivity index (χ3v) is 5.05. The minimum Gasteiger partial charge on any atom is -0.455 e.